The summed E-state index contributed by atoms with van der Waals surface area (Å²) < 4.78 is 1.87. The molecule has 0 bridgehead atoms. The van der Waals surface area contributed by atoms with Crippen LogP contribution in [0.4, 0.5) is 5.69 Å². The Morgan fingerprint density at radius 3 is 2.75 bits per heavy atom. The monoisotopic (exact) mass is 269 g/mol. The van der Waals surface area contributed by atoms with Crippen LogP contribution in [0.2, 0.25) is 0 Å². The van der Waals surface area contributed by atoms with Crippen LogP contribution in [0.15, 0.2) is 36.9 Å². The maximum absolute atomic E-state index is 8.67. The highest BCUT2D eigenvalue weighted by Crippen LogP contribution is 2.23. The highest BCUT2D eigenvalue weighted by atomic mass is 15.2. The molecule has 0 saturated heterocycles. The number of hydrogen-bond acceptors (Lipinski definition) is 4. The Balaban J connectivity index is 2.00. The van der Waals surface area contributed by atoms with Crippen molar-refractivity contribution in [2.45, 2.75) is 26.7 Å². The van der Waals surface area contributed by atoms with Gasteiger partial charge in [0.25, 0.3) is 0 Å². The van der Waals surface area contributed by atoms with Gasteiger partial charge in [-0.3, -0.25) is 4.57 Å². The SMILES string of the molecule is CC(C)(CCC#N)CNc1cccc(-n2cnnc2)c1. The highest BCUT2D eigenvalue weighted by Gasteiger charge is 2.17. The molecule has 2 rings (SSSR count). The molecule has 0 saturated carbocycles. The molecule has 20 heavy (non-hydrogen) atoms. The van der Waals surface area contributed by atoms with Gasteiger partial charge in [0.15, 0.2) is 0 Å². The zero-order valence-electron chi connectivity index (χ0n) is 11.9. The Hall–Kier alpha value is -2.35. The summed E-state index contributed by atoms with van der Waals surface area (Å²) in [6, 6.07) is 10.3. The van der Waals surface area contributed by atoms with Crippen molar-refractivity contribution in [3.8, 4) is 11.8 Å². The van der Waals surface area contributed by atoms with Crippen LogP contribution in [-0.2, 0) is 0 Å². The van der Waals surface area contributed by atoms with Crippen molar-refractivity contribution in [2.24, 2.45) is 5.41 Å². The molecule has 0 radical (unpaired) electrons. The van der Waals surface area contributed by atoms with E-state index in [-0.39, 0.29) is 5.41 Å². The molecule has 0 spiro atoms. The summed E-state index contributed by atoms with van der Waals surface area (Å²) in [6.45, 7) is 5.17. The molecule has 0 aliphatic heterocycles. The highest BCUT2D eigenvalue weighted by molar-refractivity contribution is 5.51. The quantitative estimate of drug-likeness (QED) is 0.875. The van der Waals surface area contributed by atoms with Crippen LogP contribution >= 0.6 is 0 Å². The summed E-state index contributed by atoms with van der Waals surface area (Å²) in [5, 5.41) is 19.7. The van der Waals surface area contributed by atoms with Crippen LogP contribution in [0.25, 0.3) is 5.69 Å². The Kier molecular flexibility index (Phi) is 4.36. The van der Waals surface area contributed by atoms with E-state index < -0.39 is 0 Å². The maximum atomic E-state index is 8.67. The molecule has 104 valence electrons. The van der Waals surface area contributed by atoms with Gasteiger partial charge in [0.05, 0.1) is 11.8 Å². The first kappa shape index (κ1) is 14.1. The first-order valence-corrected chi connectivity index (χ1v) is 6.67. The second kappa shape index (κ2) is 6.20. The van der Waals surface area contributed by atoms with Crippen LogP contribution in [-0.4, -0.2) is 21.3 Å². The van der Waals surface area contributed by atoms with Crippen LogP contribution in [0.5, 0.6) is 0 Å². The fraction of sp³-hybridized carbons (Fsp3) is 0.400. The minimum absolute atomic E-state index is 0.0995. The third kappa shape index (κ3) is 3.82. The van der Waals surface area contributed by atoms with Gasteiger partial charge in [-0.05, 0) is 30.0 Å². The van der Waals surface area contributed by atoms with Crippen LogP contribution in [0, 0.1) is 16.7 Å². The lowest BCUT2D eigenvalue weighted by molar-refractivity contribution is 0.364. The number of benzene rings is 1. The Bertz CT molecular complexity index is 581. The average Bonchev–Trinajstić information content (AvgIpc) is 2.98. The van der Waals surface area contributed by atoms with E-state index in [1.54, 1.807) is 12.7 Å². The van der Waals surface area contributed by atoms with E-state index >= 15 is 0 Å². The summed E-state index contributed by atoms with van der Waals surface area (Å²) in [5.41, 5.74) is 2.18. The largest absolute Gasteiger partial charge is 0.384 e. The molecule has 0 atom stereocenters. The van der Waals surface area contributed by atoms with Gasteiger partial charge < -0.3 is 5.32 Å². The molecule has 1 N–H and O–H groups in total. The molecule has 1 heterocycles. The second-order valence-electron chi connectivity index (χ2n) is 5.60. The van der Waals surface area contributed by atoms with E-state index in [2.05, 4.69) is 41.5 Å². The van der Waals surface area contributed by atoms with Crippen LogP contribution in [0.1, 0.15) is 26.7 Å². The molecule has 0 amide bonds. The number of hydrogen-bond donors (Lipinski definition) is 1. The first-order chi connectivity index (χ1) is 9.61. The Morgan fingerprint density at radius 1 is 1.30 bits per heavy atom. The maximum Gasteiger partial charge on any atom is 0.123 e. The summed E-state index contributed by atoms with van der Waals surface area (Å²) in [4.78, 5) is 0. The van der Waals surface area contributed by atoms with Gasteiger partial charge in [-0.25, -0.2) is 0 Å². The predicted octanol–water partition coefficient (Wildman–Crippen LogP) is 3.01. The van der Waals surface area contributed by atoms with Crippen molar-refractivity contribution < 1.29 is 0 Å². The van der Waals surface area contributed by atoms with Crippen molar-refractivity contribution in [3.63, 3.8) is 0 Å². The van der Waals surface area contributed by atoms with Gasteiger partial charge >= 0.3 is 0 Å². The molecule has 0 fully saturated rings. The van der Waals surface area contributed by atoms with E-state index in [1.165, 1.54) is 0 Å². The minimum atomic E-state index is 0.0995. The number of aromatic nitrogens is 3. The van der Waals surface area contributed by atoms with Crippen LogP contribution < -0.4 is 5.32 Å². The molecule has 5 nitrogen and oxygen atoms in total. The lowest BCUT2D eigenvalue weighted by atomic mass is 9.88. The third-order valence-electron chi connectivity index (χ3n) is 3.25. The van der Waals surface area contributed by atoms with Gasteiger partial charge in [-0.15, -0.1) is 10.2 Å². The summed E-state index contributed by atoms with van der Waals surface area (Å²) >= 11 is 0. The molecule has 2 aromatic rings. The summed E-state index contributed by atoms with van der Waals surface area (Å²) in [5.74, 6) is 0. The van der Waals surface area contributed by atoms with Crippen LogP contribution in [0.3, 0.4) is 0 Å². The van der Waals surface area contributed by atoms with Crippen molar-refractivity contribution in [2.75, 3.05) is 11.9 Å². The summed E-state index contributed by atoms with van der Waals surface area (Å²) in [7, 11) is 0. The number of nitrogens with zero attached hydrogens (tertiary/aromatic N) is 4. The van der Waals surface area contributed by atoms with Crippen molar-refractivity contribution in [1.29, 1.82) is 5.26 Å². The summed E-state index contributed by atoms with van der Waals surface area (Å²) in [6.07, 6.45) is 4.84. The molecule has 5 heteroatoms. The fourth-order valence-corrected chi connectivity index (χ4v) is 1.93. The first-order valence-electron chi connectivity index (χ1n) is 6.67. The van der Waals surface area contributed by atoms with Gasteiger partial charge in [0.2, 0.25) is 0 Å². The number of anilines is 1. The molecule has 0 aliphatic rings. The molecule has 1 aromatic heterocycles. The minimum Gasteiger partial charge on any atom is -0.384 e. The topological polar surface area (TPSA) is 66.5 Å². The van der Waals surface area contributed by atoms with Gasteiger partial charge in [-0.1, -0.05) is 19.9 Å². The standard InChI is InChI=1S/C15H19N5/c1-15(2,7-4-8-16)10-17-13-5-3-6-14(9-13)20-11-18-19-12-20/h3,5-6,9,11-12,17H,4,7,10H2,1-2H3. The second-order valence-corrected chi connectivity index (χ2v) is 5.60. The van der Waals surface area contributed by atoms with E-state index in [0.29, 0.717) is 6.42 Å². The zero-order chi connectivity index (χ0) is 14.4. The number of rotatable bonds is 6. The van der Waals surface area contributed by atoms with Gasteiger partial charge in [-0.2, -0.15) is 5.26 Å². The van der Waals surface area contributed by atoms with Crippen molar-refractivity contribution >= 4 is 5.69 Å². The third-order valence-corrected chi connectivity index (χ3v) is 3.25. The number of nitrogens with one attached hydrogen (secondary N) is 1. The lowest BCUT2D eigenvalue weighted by Gasteiger charge is -2.24. The Morgan fingerprint density at radius 2 is 2.05 bits per heavy atom. The van der Waals surface area contributed by atoms with E-state index in [1.807, 2.05) is 22.8 Å². The smallest absolute Gasteiger partial charge is 0.123 e. The average molecular weight is 269 g/mol. The van der Waals surface area contributed by atoms with E-state index in [4.69, 9.17) is 5.26 Å². The predicted molar refractivity (Wildman–Crippen MR) is 78.5 cm³/mol. The normalized spacial score (nSPS) is 11.1. The molecular formula is C15H19N5. The molecule has 0 unspecified atom stereocenters. The van der Waals surface area contributed by atoms with E-state index in [0.717, 1.165) is 24.3 Å². The lowest BCUT2D eigenvalue weighted by Crippen LogP contribution is -2.22. The van der Waals surface area contributed by atoms with Crippen molar-refractivity contribution in [1.82, 2.24) is 14.8 Å². The molecule has 0 aliphatic carbocycles. The zero-order valence-corrected chi connectivity index (χ0v) is 11.9. The Labute approximate surface area is 119 Å². The van der Waals surface area contributed by atoms with Gasteiger partial charge in [0, 0.05) is 18.7 Å². The molecular weight excluding hydrogens is 250 g/mol. The van der Waals surface area contributed by atoms with Crippen molar-refractivity contribution in [3.05, 3.63) is 36.9 Å². The number of nitriles is 1. The fourth-order valence-electron chi connectivity index (χ4n) is 1.93. The van der Waals surface area contributed by atoms with E-state index in [9.17, 15) is 0 Å². The molecule has 1 aromatic carbocycles. The van der Waals surface area contributed by atoms with Gasteiger partial charge in [0.1, 0.15) is 12.7 Å².